The van der Waals surface area contributed by atoms with Crippen LogP contribution >= 0.6 is 0 Å². The molecule has 0 unspecified atom stereocenters. The molecular formula is C11H7NO2. The number of hydrogen-bond acceptors (Lipinski definition) is 3. The Labute approximate surface area is 80.9 Å². The van der Waals surface area contributed by atoms with Gasteiger partial charge >= 0.3 is 0 Å². The highest BCUT2D eigenvalue weighted by atomic mass is 16.3. The number of hydrogen-bond donors (Lipinski definition) is 1. The van der Waals surface area contributed by atoms with E-state index in [0.717, 1.165) is 11.1 Å². The van der Waals surface area contributed by atoms with Crippen LogP contribution in [0.5, 0.6) is 5.75 Å². The Morgan fingerprint density at radius 1 is 1.36 bits per heavy atom. The van der Waals surface area contributed by atoms with E-state index < -0.39 is 0 Å². The molecule has 0 aromatic heterocycles. The maximum absolute atomic E-state index is 10.5. The highest BCUT2D eigenvalue weighted by Gasteiger charge is 2.22. The molecule has 0 radical (unpaired) electrons. The second kappa shape index (κ2) is 3.02. The summed E-state index contributed by atoms with van der Waals surface area (Å²) in [5.41, 5.74) is 2.41. The summed E-state index contributed by atoms with van der Waals surface area (Å²) in [5, 5.41) is 18.2. The summed E-state index contributed by atoms with van der Waals surface area (Å²) in [6, 6.07) is 5.06. The smallest absolute Gasteiger partial charge is 0.133 e. The van der Waals surface area contributed by atoms with E-state index in [-0.39, 0.29) is 11.3 Å². The molecule has 0 saturated heterocycles. The second-order valence-corrected chi connectivity index (χ2v) is 3.18. The molecule has 0 aliphatic heterocycles. The fraction of sp³-hybridized carbons (Fsp3) is 0.182. The molecule has 0 amide bonds. The summed E-state index contributed by atoms with van der Waals surface area (Å²) in [6.07, 6.45) is 1.24. The summed E-state index contributed by atoms with van der Waals surface area (Å²) in [4.78, 5) is 10.5. The molecule has 3 nitrogen and oxygen atoms in total. The van der Waals surface area contributed by atoms with Gasteiger partial charge in [0.25, 0.3) is 0 Å². The molecular weight excluding hydrogens is 178 g/mol. The van der Waals surface area contributed by atoms with E-state index in [1.54, 1.807) is 6.07 Å². The molecule has 1 aliphatic carbocycles. The Hall–Kier alpha value is -2.04. The first-order valence-electron chi connectivity index (χ1n) is 4.27. The number of nitrogens with zero attached hydrogens (tertiary/aromatic N) is 1. The van der Waals surface area contributed by atoms with Crippen LogP contribution in [0.3, 0.4) is 0 Å². The molecule has 68 valence electrons. The van der Waals surface area contributed by atoms with Gasteiger partial charge in [-0.3, -0.25) is 0 Å². The highest BCUT2D eigenvalue weighted by molar-refractivity contribution is 5.91. The molecule has 0 fully saturated rings. The van der Waals surface area contributed by atoms with E-state index in [4.69, 9.17) is 5.26 Å². The molecule has 0 saturated carbocycles. The number of aromatic hydroxyl groups is 1. The molecule has 1 aromatic rings. The van der Waals surface area contributed by atoms with E-state index >= 15 is 0 Å². The monoisotopic (exact) mass is 185 g/mol. The van der Waals surface area contributed by atoms with Crippen molar-refractivity contribution in [2.24, 2.45) is 0 Å². The fourth-order valence-electron chi connectivity index (χ4n) is 1.79. The van der Waals surface area contributed by atoms with Gasteiger partial charge in [0.1, 0.15) is 17.8 Å². The zero-order valence-electron chi connectivity index (χ0n) is 7.37. The van der Waals surface area contributed by atoms with E-state index in [9.17, 15) is 9.90 Å². The van der Waals surface area contributed by atoms with Crippen molar-refractivity contribution < 1.29 is 9.90 Å². The molecule has 0 heterocycles. The van der Waals surface area contributed by atoms with Crippen molar-refractivity contribution in [3.05, 3.63) is 28.8 Å². The van der Waals surface area contributed by atoms with Gasteiger partial charge in [0.05, 0.1) is 5.56 Å². The summed E-state index contributed by atoms with van der Waals surface area (Å²) in [6.45, 7) is 0. The second-order valence-electron chi connectivity index (χ2n) is 3.18. The molecule has 3 heteroatoms. The minimum absolute atomic E-state index is 0.0154. The van der Waals surface area contributed by atoms with Crippen LogP contribution in [0.15, 0.2) is 12.1 Å². The third-order valence-corrected chi connectivity index (χ3v) is 2.48. The maximum Gasteiger partial charge on any atom is 0.133 e. The van der Waals surface area contributed by atoms with Gasteiger partial charge in [-0.25, -0.2) is 4.79 Å². The minimum Gasteiger partial charge on any atom is -0.507 e. The Bertz CT molecular complexity index is 491. The van der Waals surface area contributed by atoms with Crippen LogP contribution < -0.4 is 0 Å². The van der Waals surface area contributed by atoms with Crippen LogP contribution in [0, 0.1) is 11.3 Å². The number of allylic oxidation sites excluding steroid dienone is 1. The normalized spacial score (nSPS) is 13.2. The average molecular weight is 185 g/mol. The lowest BCUT2D eigenvalue weighted by atomic mass is 10.0. The lowest BCUT2D eigenvalue weighted by molar-refractivity contribution is 0.473. The van der Waals surface area contributed by atoms with E-state index in [2.05, 4.69) is 0 Å². The largest absolute Gasteiger partial charge is 0.507 e. The van der Waals surface area contributed by atoms with Gasteiger partial charge in [0, 0.05) is 5.57 Å². The van der Waals surface area contributed by atoms with Gasteiger partial charge in [0.2, 0.25) is 0 Å². The van der Waals surface area contributed by atoms with E-state index in [1.165, 1.54) is 6.07 Å². The van der Waals surface area contributed by atoms with Crippen molar-refractivity contribution >= 4 is 11.5 Å². The zero-order chi connectivity index (χ0) is 10.1. The summed E-state index contributed by atoms with van der Waals surface area (Å²) in [5.74, 6) is 1.85. The lowest BCUT2D eigenvalue weighted by Gasteiger charge is -2.02. The molecule has 0 atom stereocenters. The summed E-state index contributed by atoms with van der Waals surface area (Å²) >= 11 is 0. The topological polar surface area (TPSA) is 61.1 Å². The van der Waals surface area contributed by atoms with Gasteiger partial charge < -0.3 is 5.11 Å². The van der Waals surface area contributed by atoms with Crippen molar-refractivity contribution in [1.29, 1.82) is 5.26 Å². The Morgan fingerprint density at radius 3 is 2.79 bits per heavy atom. The third-order valence-electron chi connectivity index (χ3n) is 2.48. The first kappa shape index (κ1) is 8.55. The van der Waals surface area contributed by atoms with Crippen molar-refractivity contribution in [2.75, 3.05) is 0 Å². The van der Waals surface area contributed by atoms with E-state index in [1.807, 2.05) is 12.0 Å². The van der Waals surface area contributed by atoms with Gasteiger partial charge in [-0.2, -0.15) is 5.26 Å². The standard InChI is InChI=1S/C11H7NO2/c12-5-10-9-2-1-7(6-13)8(9)3-4-11(10)14/h3-4,14H,1-2H2. The fourth-order valence-corrected chi connectivity index (χ4v) is 1.79. The zero-order valence-corrected chi connectivity index (χ0v) is 7.37. The molecule has 1 aromatic carbocycles. The molecule has 1 aliphatic rings. The SMILES string of the molecule is N#Cc1c(O)ccc2c1CCC2=C=O. The predicted octanol–water partition coefficient (Wildman–Crippen LogP) is 1.43. The first-order valence-corrected chi connectivity index (χ1v) is 4.27. The molecule has 2 rings (SSSR count). The van der Waals surface area contributed by atoms with Crippen LogP contribution in [0.25, 0.3) is 5.57 Å². The van der Waals surface area contributed by atoms with Crippen molar-refractivity contribution in [1.82, 2.24) is 0 Å². The average Bonchev–Trinajstić information content (AvgIpc) is 2.60. The number of phenolic OH excluding ortho intramolecular Hbond substituents is 1. The third kappa shape index (κ3) is 1.02. The number of nitriles is 1. The molecule has 0 spiro atoms. The number of carbonyl (C=O) groups excluding carboxylic acids is 1. The van der Waals surface area contributed by atoms with Crippen LogP contribution in [-0.2, 0) is 11.2 Å². The molecule has 0 bridgehead atoms. The van der Waals surface area contributed by atoms with Crippen LogP contribution in [0.1, 0.15) is 23.1 Å². The maximum atomic E-state index is 10.5. The van der Waals surface area contributed by atoms with Gasteiger partial charge in [-0.05, 0) is 36.1 Å². The minimum atomic E-state index is -0.0154. The number of fused-ring (bicyclic) bond motifs is 1. The van der Waals surface area contributed by atoms with Crippen LogP contribution in [-0.4, -0.2) is 11.0 Å². The highest BCUT2D eigenvalue weighted by Crippen LogP contribution is 2.35. The van der Waals surface area contributed by atoms with Crippen molar-refractivity contribution in [3.63, 3.8) is 0 Å². The van der Waals surface area contributed by atoms with E-state index in [0.29, 0.717) is 18.4 Å². The van der Waals surface area contributed by atoms with Crippen LogP contribution in [0.2, 0.25) is 0 Å². The first-order chi connectivity index (χ1) is 6.77. The van der Waals surface area contributed by atoms with Gasteiger partial charge in [-0.1, -0.05) is 0 Å². The predicted molar refractivity (Wildman–Crippen MR) is 50.2 cm³/mol. The van der Waals surface area contributed by atoms with Crippen molar-refractivity contribution in [2.45, 2.75) is 12.8 Å². The van der Waals surface area contributed by atoms with Gasteiger partial charge in [0.15, 0.2) is 0 Å². The van der Waals surface area contributed by atoms with Crippen LogP contribution in [0.4, 0.5) is 0 Å². The summed E-state index contributed by atoms with van der Waals surface area (Å²) in [7, 11) is 0. The quantitative estimate of drug-likeness (QED) is 0.622. The number of phenols is 1. The Morgan fingerprint density at radius 2 is 2.14 bits per heavy atom. The number of benzene rings is 1. The van der Waals surface area contributed by atoms with Gasteiger partial charge in [-0.15, -0.1) is 0 Å². The number of rotatable bonds is 0. The Kier molecular flexibility index (Phi) is 1.85. The Balaban J connectivity index is 2.75. The molecule has 14 heavy (non-hydrogen) atoms. The van der Waals surface area contributed by atoms with Crippen molar-refractivity contribution in [3.8, 4) is 11.8 Å². The summed E-state index contributed by atoms with van der Waals surface area (Å²) < 4.78 is 0. The molecule has 1 N–H and O–H groups in total. The lowest BCUT2D eigenvalue weighted by Crippen LogP contribution is -1.88.